The molecule has 15 heavy (non-hydrogen) atoms. The summed E-state index contributed by atoms with van der Waals surface area (Å²) in [5, 5.41) is 3.04. The molecule has 2 heteroatoms. The maximum absolute atomic E-state index is 10.6. The van der Waals surface area contributed by atoms with Crippen molar-refractivity contribution < 1.29 is 0 Å². The fraction of sp³-hybridized carbons (Fsp3) is 0.538. The van der Waals surface area contributed by atoms with Crippen LogP contribution in [-0.4, -0.2) is 0 Å². The number of hydrogen-bond donors (Lipinski definition) is 0. The van der Waals surface area contributed by atoms with Crippen molar-refractivity contribution in [2.45, 2.75) is 47.0 Å². The SMILES string of the molecule is C\C=C(/C=C\C(N=O)=C(/C)CC)CCC. The Morgan fingerprint density at radius 2 is 1.93 bits per heavy atom. The minimum atomic E-state index is 0.563. The van der Waals surface area contributed by atoms with Crippen LogP contribution >= 0.6 is 0 Å². The van der Waals surface area contributed by atoms with Crippen LogP contribution in [-0.2, 0) is 0 Å². The zero-order valence-corrected chi connectivity index (χ0v) is 10.2. The molecule has 0 heterocycles. The van der Waals surface area contributed by atoms with Crippen LogP contribution in [0.2, 0.25) is 0 Å². The molecule has 0 saturated carbocycles. The smallest absolute Gasteiger partial charge is 0.106 e. The Balaban J connectivity index is 4.68. The lowest BCUT2D eigenvalue weighted by molar-refractivity contribution is 0.923. The largest absolute Gasteiger partial charge is 0.145 e. The first-order chi connectivity index (χ1) is 7.19. The molecule has 2 nitrogen and oxygen atoms in total. The molecule has 0 unspecified atom stereocenters. The van der Waals surface area contributed by atoms with Crippen molar-refractivity contribution >= 4 is 0 Å². The lowest BCUT2D eigenvalue weighted by Gasteiger charge is -1.99. The number of allylic oxidation sites excluding steroid dienone is 5. The molecular formula is C13H21NO. The lowest BCUT2D eigenvalue weighted by atomic mass is 10.1. The van der Waals surface area contributed by atoms with E-state index in [4.69, 9.17) is 0 Å². The van der Waals surface area contributed by atoms with E-state index in [1.807, 2.05) is 32.9 Å². The maximum atomic E-state index is 10.6. The van der Waals surface area contributed by atoms with Gasteiger partial charge in [-0.3, -0.25) is 0 Å². The van der Waals surface area contributed by atoms with Gasteiger partial charge in [0.15, 0.2) is 0 Å². The normalized spacial score (nSPS) is 14.3. The van der Waals surface area contributed by atoms with Gasteiger partial charge >= 0.3 is 0 Å². The van der Waals surface area contributed by atoms with Crippen molar-refractivity contribution in [3.05, 3.63) is 40.0 Å². The average Bonchev–Trinajstić information content (AvgIpc) is 2.27. The van der Waals surface area contributed by atoms with Crippen LogP contribution in [0.1, 0.15) is 47.0 Å². The van der Waals surface area contributed by atoms with Crippen LogP contribution in [0.25, 0.3) is 0 Å². The lowest BCUT2D eigenvalue weighted by Crippen LogP contribution is -1.82. The summed E-state index contributed by atoms with van der Waals surface area (Å²) in [5.74, 6) is 0. The van der Waals surface area contributed by atoms with E-state index in [9.17, 15) is 4.91 Å². The second-order valence-corrected chi connectivity index (χ2v) is 3.56. The summed E-state index contributed by atoms with van der Waals surface area (Å²) in [6.07, 6.45) is 8.90. The molecule has 0 atom stereocenters. The minimum Gasteiger partial charge on any atom is -0.145 e. The molecule has 0 aliphatic rings. The van der Waals surface area contributed by atoms with Gasteiger partial charge in [0.1, 0.15) is 5.70 Å². The summed E-state index contributed by atoms with van der Waals surface area (Å²) in [5.41, 5.74) is 2.85. The van der Waals surface area contributed by atoms with Crippen LogP contribution in [0, 0.1) is 4.91 Å². The van der Waals surface area contributed by atoms with E-state index in [1.165, 1.54) is 5.57 Å². The molecule has 0 saturated heterocycles. The van der Waals surface area contributed by atoms with Gasteiger partial charge in [-0.25, -0.2) is 0 Å². The van der Waals surface area contributed by atoms with Gasteiger partial charge in [-0.05, 0) is 43.5 Å². The zero-order valence-electron chi connectivity index (χ0n) is 10.2. The molecule has 0 aromatic rings. The Hall–Kier alpha value is -1.18. The Bertz CT molecular complexity index is 285. The third kappa shape index (κ3) is 5.31. The summed E-state index contributed by atoms with van der Waals surface area (Å²) in [6, 6.07) is 0. The second kappa shape index (κ2) is 8.16. The van der Waals surface area contributed by atoms with E-state index in [0.29, 0.717) is 5.70 Å². The fourth-order valence-corrected chi connectivity index (χ4v) is 1.23. The molecule has 0 rings (SSSR count). The third-order valence-corrected chi connectivity index (χ3v) is 2.43. The molecule has 0 fully saturated rings. The van der Waals surface area contributed by atoms with Crippen LogP contribution in [0.15, 0.2) is 40.2 Å². The summed E-state index contributed by atoms with van der Waals surface area (Å²) in [6.45, 7) is 8.12. The highest BCUT2D eigenvalue weighted by molar-refractivity contribution is 5.29. The van der Waals surface area contributed by atoms with Crippen molar-refractivity contribution in [1.82, 2.24) is 0 Å². The van der Waals surface area contributed by atoms with Crippen molar-refractivity contribution in [3.8, 4) is 0 Å². The first-order valence-corrected chi connectivity index (χ1v) is 5.55. The van der Waals surface area contributed by atoms with Crippen molar-refractivity contribution in [3.63, 3.8) is 0 Å². The summed E-state index contributed by atoms with van der Waals surface area (Å²) in [7, 11) is 0. The van der Waals surface area contributed by atoms with Gasteiger partial charge in [0.25, 0.3) is 0 Å². The average molecular weight is 207 g/mol. The number of rotatable bonds is 6. The number of hydrogen-bond acceptors (Lipinski definition) is 2. The first kappa shape index (κ1) is 13.8. The summed E-state index contributed by atoms with van der Waals surface area (Å²) in [4.78, 5) is 10.6. The first-order valence-electron chi connectivity index (χ1n) is 5.55. The Kier molecular flexibility index (Phi) is 7.51. The number of nitroso groups, excluding NO2 is 1. The van der Waals surface area contributed by atoms with Crippen molar-refractivity contribution in [1.29, 1.82) is 0 Å². The minimum absolute atomic E-state index is 0.563. The highest BCUT2D eigenvalue weighted by atomic mass is 16.3. The zero-order chi connectivity index (χ0) is 11.7. The van der Waals surface area contributed by atoms with E-state index in [0.717, 1.165) is 24.8 Å². The Morgan fingerprint density at radius 1 is 1.27 bits per heavy atom. The molecule has 0 aliphatic carbocycles. The Morgan fingerprint density at radius 3 is 2.33 bits per heavy atom. The monoisotopic (exact) mass is 207 g/mol. The standard InChI is InChI=1S/C13H21NO/c1-5-8-12(7-3)9-10-13(14-15)11(4)6-2/h7,9-10H,5-6,8H2,1-4H3/b10-9-,12-7-,13-11-. The quantitative estimate of drug-likeness (QED) is 0.457. The molecular weight excluding hydrogens is 186 g/mol. The molecule has 0 amide bonds. The molecule has 84 valence electrons. The van der Waals surface area contributed by atoms with Crippen LogP contribution in [0.4, 0.5) is 0 Å². The van der Waals surface area contributed by atoms with E-state index in [-0.39, 0.29) is 0 Å². The molecule has 0 N–H and O–H groups in total. The predicted octanol–water partition coefficient (Wildman–Crippen LogP) is 4.74. The van der Waals surface area contributed by atoms with E-state index in [2.05, 4.69) is 18.2 Å². The topological polar surface area (TPSA) is 29.4 Å². The van der Waals surface area contributed by atoms with Gasteiger partial charge in [-0.15, -0.1) is 4.91 Å². The fourth-order valence-electron chi connectivity index (χ4n) is 1.23. The van der Waals surface area contributed by atoms with Crippen molar-refractivity contribution in [2.75, 3.05) is 0 Å². The van der Waals surface area contributed by atoms with Gasteiger partial charge in [-0.1, -0.05) is 38.0 Å². The van der Waals surface area contributed by atoms with Gasteiger partial charge in [0.05, 0.1) is 0 Å². The predicted molar refractivity (Wildman–Crippen MR) is 66.6 cm³/mol. The Labute approximate surface area is 92.7 Å². The third-order valence-electron chi connectivity index (χ3n) is 2.43. The van der Waals surface area contributed by atoms with Gasteiger partial charge in [-0.2, -0.15) is 0 Å². The number of nitrogens with zero attached hydrogens (tertiary/aromatic N) is 1. The van der Waals surface area contributed by atoms with Gasteiger partial charge in [0.2, 0.25) is 0 Å². The summed E-state index contributed by atoms with van der Waals surface area (Å²) >= 11 is 0. The summed E-state index contributed by atoms with van der Waals surface area (Å²) < 4.78 is 0. The highest BCUT2D eigenvalue weighted by Crippen LogP contribution is 2.13. The van der Waals surface area contributed by atoms with E-state index < -0.39 is 0 Å². The maximum Gasteiger partial charge on any atom is 0.106 e. The highest BCUT2D eigenvalue weighted by Gasteiger charge is 1.97. The van der Waals surface area contributed by atoms with Gasteiger partial charge < -0.3 is 0 Å². The second-order valence-electron chi connectivity index (χ2n) is 3.56. The van der Waals surface area contributed by atoms with Crippen molar-refractivity contribution in [2.24, 2.45) is 5.18 Å². The molecule has 0 aliphatic heterocycles. The molecule has 0 aromatic carbocycles. The molecule has 0 radical (unpaired) electrons. The molecule has 0 bridgehead atoms. The van der Waals surface area contributed by atoms with E-state index >= 15 is 0 Å². The van der Waals surface area contributed by atoms with E-state index in [1.54, 1.807) is 0 Å². The van der Waals surface area contributed by atoms with Crippen LogP contribution in [0.5, 0.6) is 0 Å². The molecule has 0 spiro atoms. The van der Waals surface area contributed by atoms with Gasteiger partial charge in [0, 0.05) is 0 Å². The molecule has 0 aromatic heterocycles. The van der Waals surface area contributed by atoms with Crippen LogP contribution < -0.4 is 0 Å². The van der Waals surface area contributed by atoms with Crippen LogP contribution in [0.3, 0.4) is 0 Å².